The van der Waals surface area contributed by atoms with Gasteiger partial charge in [0.1, 0.15) is 12.6 Å². The fraction of sp³-hybridized carbons (Fsp3) is 0.540. The molecule has 0 saturated heterocycles. The summed E-state index contributed by atoms with van der Waals surface area (Å²) >= 11 is 0. The molecule has 8 heteroatoms. The van der Waals surface area contributed by atoms with E-state index < -0.39 is 18.1 Å². The van der Waals surface area contributed by atoms with Gasteiger partial charge in [-0.2, -0.15) is 0 Å². The van der Waals surface area contributed by atoms with Crippen molar-refractivity contribution >= 4 is 17.9 Å². The predicted molar refractivity (Wildman–Crippen MR) is 240 cm³/mol. The van der Waals surface area contributed by atoms with E-state index in [9.17, 15) is 19.5 Å². The smallest absolute Gasteiger partial charge is 0.306 e. The minimum Gasteiger partial charge on any atom is -0.544 e. The lowest BCUT2D eigenvalue weighted by atomic mass is 10.1. The van der Waals surface area contributed by atoms with E-state index in [0.717, 1.165) is 77.0 Å². The third-order valence-electron chi connectivity index (χ3n) is 8.70. The van der Waals surface area contributed by atoms with E-state index in [4.69, 9.17) is 14.2 Å². The number of allylic oxidation sites excluding steroid dienone is 20. The average molecular weight is 804 g/mol. The molecule has 0 aliphatic heterocycles. The first-order valence-electron chi connectivity index (χ1n) is 21.6. The molecule has 0 bridgehead atoms. The van der Waals surface area contributed by atoms with E-state index in [0.29, 0.717) is 12.8 Å². The number of esters is 2. The monoisotopic (exact) mass is 804 g/mol. The number of nitrogens with zero attached hydrogens (tertiary/aromatic N) is 1. The van der Waals surface area contributed by atoms with E-state index in [1.54, 1.807) is 21.1 Å². The topological polar surface area (TPSA) is 102 Å². The van der Waals surface area contributed by atoms with Crippen LogP contribution in [-0.2, 0) is 28.6 Å². The molecule has 0 saturated carbocycles. The van der Waals surface area contributed by atoms with Gasteiger partial charge in [0.15, 0.2) is 6.10 Å². The second kappa shape index (κ2) is 39.6. The Hall–Kier alpha value is -4.27. The Morgan fingerprint density at radius 3 is 1.59 bits per heavy atom. The predicted octanol–water partition coefficient (Wildman–Crippen LogP) is 10.5. The summed E-state index contributed by atoms with van der Waals surface area (Å²) in [4.78, 5) is 36.8. The quantitative estimate of drug-likeness (QED) is 0.0204. The highest BCUT2D eigenvalue weighted by Crippen LogP contribution is 2.11. The fourth-order valence-electron chi connectivity index (χ4n) is 5.40. The highest BCUT2D eigenvalue weighted by Gasteiger charge is 2.25. The molecule has 0 amide bonds. The van der Waals surface area contributed by atoms with Crippen LogP contribution in [0.3, 0.4) is 0 Å². The van der Waals surface area contributed by atoms with Crippen molar-refractivity contribution in [1.82, 2.24) is 0 Å². The molecule has 324 valence electrons. The molecule has 0 radical (unpaired) electrons. The molecular formula is C50H77NO7. The number of rotatable bonds is 36. The SMILES string of the molecule is CC/C=C/C=C/C=C/C=C/CCCCCCCC(=O)OC(COCCC(C(=O)[O-])[N+](C)(C)C)COC(=O)CC/C=C/C/C=C/C/C=C/C/C=C/C/C=C/C/C=C/CC. The first kappa shape index (κ1) is 53.7. The molecule has 2 unspecified atom stereocenters. The maximum Gasteiger partial charge on any atom is 0.306 e. The molecule has 2 atom stereocenters. The average Bonchev–Trinajstić information content (AvgIpc) is 3.18. The number of hydrogen-bond donors (Lipinski definition) is 0. The molecule has 0 fully saturated rings. The van der Waals surface area contributed by atoms with Gasteiger partial charge in [0, 0.05) is 19.3 Å². The lowest BCUT2D eigenvalue weighted by Crippen LogP contribution is -2.55. The molecule has 0 heterocycles. The van der Waals surface area contributed by atoms with Crippen LogP contribution in [0.1, 0.15) is 123 Å². The number of carboxylic acid groups (broad SMARTS) is 1. The van der Waals surface area contributed by atoms with Crippen molar-refractivity contribution in [3.05, 3.63) is 122 Å². The first-order valence-corrected chi connectivity index (χ1v) is 21.6. The van der Waals surface area contributed by atoms with Crippen molar-refractivity contribution in [3.8, 4) is 0 Å². The molecule has 0 aromatic heterocycles. The zero-order valence-electron chi connectivity index (χ0n) is 36.6. The van der Waals surface area contributed by atoms with Gasteiger partial charge in [-0.05, 0) is 70.6 Å². The largest absolute Gasteiger partial charge is 0.544 e. The maximum atomic E-state index is 12.7. The summed E-state index contributed by atoms with van der Waals surface area (Å²) in [6, 6.07) is -0.749. The lowest BCUT2D eigenvalue weighted by molar-refractivity contribution is -0.889. The highest BCUT2D eigenvalue weighted by atomic mass is 16.6. The molecule has 0 aromatic rings. The van der Waals surface area contributed by atoms with Gasteiger partial charge < -0.3 is 28.6 Å². The van der Waals surface area contributed by atoms with Gasteiger partial charge in [-0.25, -0.2) is 0 Å². The van der Waals surface area contributed by atoms with Gasteiger partial charge in [0.05, 0.1) is 40.3 Å². The van der Waals surface area contributed by atoms with Crippen LogP contribution in [0.5, 0.6) is 0 Å². The van der Waals surface area contributed by atoms with Gasteiger partial charge in [0.2, 0.25) is 0 Å². The zero-order valence-corrected chi connectivity index (χ0v) is 36.6. The van der Waals surface area contributed by atoms with Gasteiger partial charge in [-0.15, -0.1) is 0 Å². The Labute approximate surface area is 352 Å². The standard InChI is InChI=1S/C50H77NO7/c1-6-8-10-12-14-16-18-20-22-23-24-25-27-28-30-32-34-36-38-40-48(52)57-45-46(44-56-43-42-47(50(54)55)51(3,4)5)58-49(53)41-39-37-35-33-31-29-26-21-19-17-15-13-11-9-7-2/h8-11,13-17,19-22,24-26,28,30,34,36,46-47H,6-7,12,18,23,27,29,31-33,35,37-45H2,1-5H3/b10-8+,11-9+,15-13+,16-14+,19-17+,22-20+,25-24+,26-21+,30-28+,36-34+. The van der Waals surface area contributed by atoms with Crippen LogP contribution in [0.15, 0.2) is 122 Å². The van der Waals surface area contributed by atoms with Crippen molar-refractivity contribution in [2.75, 3.05) is 41.0 Å². The van der Waals surface area contributed by atoms with Crippen LogP contribution >= 0.6 is 0 Å². The number of likely N-dealkylation sites (N-methyl/N-ethyl adjacent to an activating group) is 1. The number of unbranched alkanes of at least 4 members (excludes halogenated alkanes) is 5. The molecule has 0 aromatic carbocycles. The van der Waals surface area contributed by atoms with E-state index in [2.05, 4.69) is 92.8 Å². The van der Waals surface area contributed by atoms with Crippen molar-refractivity contribution < 1.29 is 38.2 Å². The molecule has 0 aliphatic rings. The van der Waals surface area contributed by atoms with E-state index in [-0.39, 0.29) is 55.5 Å². The highest BCUT2D eigenvalue weighted by molar-refractivity contribution is 5.70. The van der Waals surface area contributed by atoms with Crippen LogP contribution in [-0.4, -0.2) is 75.5 Å². The minimum absolute atomic E-state index is 0.00200. The van der Waals surface area contributed by atoms with Gasteiger partial charge in [-0.1, -0.05) is 155 Å². The molecule has 8 nitrogen and oxygen atoms in total. The molecule has 0 rings (SSSR count). The Balaban J connectivity index is 4.55. The summed E-state index contributed by atoms with van der Waals surface area (Å²) in [5.41, 5.74) is 0. The number of carbonyl (C=O) groups excluding carboxylic acids is 3. The van der Waals surface area contributed by atoms with E-state index in [1.807, 2.05) is 42.5 Å². The number of aliphatic carboxylic acids is 1. The van der Waals surface area contributed by atoms with Crippen molar-refractivity contribution in [2.45, 2.75) is 135 Å². The number of ether oxygens (including phenoxy) is 3. The summed E-state index contributed by atoms with van der Waals surface area (Å²) in [6.07, 6.45) is 55.2. The summed E-state index contributed by atoms with van der Waals surface area (Å²) in [6.45, 7) is 4.27. The van der Waals surface area contributed by atoms with Crippen LogP contribution in [0.25, 0.3) is 0 Å². The minimum atomic E-state index is -1.15. The Kier molecular flexibility index (Phi) is 36.6. The number of carbonyl (C=O) groups is 3. The number of carboxylic acids is 1. The van der Waals surface area contributed by atoms with Crippen LogP contribution in [0, 0.1) is 0 Å². The Morgan fingerprint density at radius 1 is 0.534 bits per heavy atom. The Bertz CT molecular complexity index is 1350. The van der Waals surface area contributed by atoms with E-state index in [1.165, 1.54) is 0 Å². The zero-order chi connectivity index (χ0) is 42.8. The van der Waals surface area contributed by atoms with Crippen molar-refractivity contribution in [2.24, 2.45) is 0 Å². The van der Waals surface area contributed by atoms with Crippen molar-refractivity contribution in [1.29, 1.82) is 0 Å². The Morgan fingerprint density at radius 2 is 1.03 bits per heavy atom. The third-order valence-corrected chi connectivity index (χ3v) is 8.70. The summed E-state index contributed by atoms with van der Waals surface area (Å²) in [7, 11) is 5.36. The number of hydrogen-bond acceptors (Lipinski definition) is 7. The second-order valence-electron chi connectivity index (χ2n) is 14.9. The molecule has 58 heavy (non-hydrogen) atoms. The summed E-state index contributed by atoms with van der Waals surface area (Å²) in [5, 5.41) is 11.6. The summed E-state index contributed by atoms with van der Waals surface area (Å²) in [5.74, 6) is -1.89. The molecule has 0 spiro atoms. The molecular weight excluding hydrogens is 727 g/mol. The van der Waals surface area contributed by atoms with Gasteiger partial charge in [-0.3, -0.25) is 9.59 Å². The summed E-state index contributed by atoms with van der Waals surface area (Å²) < 4.78 is 17.0. The maximum absolute atomic E-state index is 12.7. The third kappa shape index (κ3) is 37.3. The van der Waals surface area contributed by atoms with Crippen LogP contribution in [0.2, 0.25) is 0 Å². The van der Waals surface area contributed by atoms with Crippen molar-refractivity contribution in [3.63, 3.8) is 0 Å². The normalized spacial score (nSPS) is 14.2. The van der Waals surface area contributed by atoms with Gasteiger partial charge in [0.25, 0.3) is 0 Å². The fourth-order valence-corrected chi connectivity index (χ4v) is 5.40. The number of quaternary nitrogens is 1. The first-order chi connectivity index (χ1) is 28.1. The molecule has 0 aliphatic carbocycles. The molecule has 0 N–H and O–H groups in total. The lowest BCUT2D eigenvalue weighted by Gasteiger charge is -2.34. The van der Waals surface area contributed by atoms with Crippen LogP contribution in [0.4, 0.5) is 0 Å². The van der Waals surface area contributed by atoms with Crippen LogP contribution < -0.4 is 5.11 Å². The second-order valence-corrected chi connectivity index (χ2v) is 14.9. The van der Waals surface area contributed by atoms with E-state index >= 15 is 0 Å². The van der Waals surface area contributed by atoms with Gasteiger partial charge >= 0.3 is 11.9 Å².